The Bertz CT molecular complexity index is 2330. The van der Waals surface area contributed by atoms with Crippen LogP contribution in [0.2, 0.25) is 0 Å². The predicted octanol–water partition coefficient (Wildman–Crippen LogP) is 6.05. The largest absolute Gasteiger partial charge is 0.508 e. The summed E-state index contributed by atoms with van der Waals surface area (Å²) in [6.07, 6.45) is 9.63. The molecule has 8 rings (SSSR count). The van der Waals surface area contributed by atoms with Crippen molar-refractivity contribution in [3.63, 3.8) is 0 Å². The van der Waals surface area contributed by atoms with Gasteiger partial charge in [-0.05, 0) is 84.4 Å². The molecule has 1 fully saturated rings. The number of nitrogens with zero attached hydrogens (tertiary/aromatic N) is 2. The monoisotopic (exact) mass is 824 g/mol. The number of ketones is 1. The van der Waals surface area contributed by atoms with Crippen LogP contribution in [0.25, 0.3) is 0 Å². The van der Waals surface area contributed by atoms with E-state index in [4.69, 9.17) is 20.2 Å². The molecule has 1 spiro atoms. The maximum Gasteiger partial charge on any atom is 0.187 e. The fourth-order valence-electron chi connectivity index (χ4n) is 9.38. The molecule has 11 nitrogen and oxygen atoms in total. The van der Waals surface area contributed by atoms with E-state index in [1.54, 1.807) is 6.07 Å². The SMILES string of the molecule is CCCC(O)CC(O)CC(=O)CCc1cc2c(cc1O)OC#CC1(CCCC1)C1C#CC(O)c3ccc(C(N)NCCc4ccccc4)cc3CC3=C4CN(C=C4N=C3)C1O2. The Balaban J connectivity index is 1.10. The van der Waals surface area contributed by atoms with Crippen LogP contribution in [0.5, 0.6) is 17.2 Å². The molecule has 3 aromatic rings. The zero-order valence-electron chi connectivity index (χ0n) is 34.8. The van der Waals surface area contributed by atoms with Gasteiger partial charge in [0.2, 0.25) is 0 Å². The molecule has 2 bridgehead atoms. The average molecular weight is 825 g/mol. The summed E-state index contributed by atoms with van der Waals surface area (Å²) in [5, 5.41) is 47.1. The summed E-state index contributed by atoms with van der Waals surface area (Å²) in [5.74, 6) is 10.1. The number of aromatic hydroxyl groups is 1. The number of phenols is 1. The number of aliphatic hydroxyl groups excluding tert-OH is 3. The van der Waals surface area contributed by atoms with E-state index in [1.807, 2.05) is 49.7 Å². The van der Waals surface area contributed by atoms with Crippen LogP contribution in [0.4, 0.5) is 0 Å². The standard InChI is InChI=1S/C50H56N4O7/c1-2-8-37(55)26-39(57)27-38(56)13-11-33-25-47-46(28-45(33)59)60-22-20-50(18-6-7-19-50)42-15-16-44(58)40-14-12-34(48(51)52-21-17-32-9-4-3-5-10-32)23-35(40)24-36-29-53-43-31-54(30-41(36)43)49(42)61-47/h3-5,9-10,12,14,23,25,28-29,31,37,39,42,44,48-49,52,55,57-59H,2,6-8,11,13,17-19,21,24,26-27,30,51H2,1H3. The van der Waals surface area contributed by atoms with Crippen molar-refractivity contribution in [2.75, 3.05) is 13.1 Å². The van der Waals surface area contributed by atoms with Crippen LogP contribution < -0.4 is 20.5 Å². The van der Waals surface area contributed by atoms with Crippen LogP contribution >= 0.6 is 0 Å². The number of rotatable bonds is 14. The Hall–Kier alpha value is -5.40. The number of benzene rings is 3. The highest BCUT2D eigenvalue weighted by atomic mass is 16.5. The van der Waals surface area contributed by atoms with E-state index in [-0.39, 0.29) is 43.0 Å². The van der Waals surface area contributed by atoms with Gasteiger partial charge >= 0.3 is 0 Å². The number of carbonyl (C=O) groups is 1. The van der Waals surface area contributed by atoms with Crippen molar-refractivity contribution in [3.05, 3.63) is 112 Å². The molecule has 0 saturated heterocycles. The van der Waals surface area contributed by atoms with E-state index in [0.717, 1.165) is 66.5 Å². The van der Waals surface area contributed by atoms with Crippen LogP contribution in [0.3, 0.4) is 0 Å². The summed E-state index contributed by atoms with van der Waals surface area (Å²) in [6.45, 7) is 3.19. The summed E-state index contributed by atoms with van der Waals surface area (Å²) in [6, 6.07) is 19.4. The smallest absolute Gasteiger partial charge is 0.187 e. The maximum absolute atomic E-state index is 12.9. The fourth-order valence-corrected chi connectivity index (χ4v) is 9.38. The molecule has 3 aromatic carbocycles. The summed E-state index contributed by atoms with van der Waals surface area (Å²) in [4.78, 5) is 19.9. The molecular weight excluding hydrogens is 769 g/mol. The van der Waals surface area contributed by atoms with Crippen LogP contribution in [0.1, 0.15) is 105 Å². The van der Waals surface area contributed by atoms with Crippen LogP contribution in [0.15, 0.2) is 88.7 Å². The first-order valence-electron chi connectivity index (χ1n) is 21.8. The molecule has 1 aliphatic carbocycles. The molecular formula is C50H56N4O7. The molecule has 4 aliphatic heterocycles. The average Bonchev–Trinajstić information content (AvgIpc) is 3.99. The van der Waals surface area contributed by atoms with E-state index in [9.17, 15) is 25.2 Å². The normalized spacial score (nSPS) is 22.1. The van der Waals surface area contributed by atoms with Gasteiger partial charge < -0.3 is 40.5 Å². The maximum atomic E-state index is 12.9. The molecule has 0 radical (unpaired) electrons. The topological polar surface area (TPSA) is 170 Å². The number of fused-ring (bicyclic) bond motifs is 6. The van der Waals surface area contributed by atoms with Gasteiger partial charge in [0.1, 0.15) is 23.7 Å². The number of nitrogens with two attached hydrogens (primary N) is 1. The van der Waals surface area contributed by atoms with Crippen molar-refractivity contribution in [3.8, 4) is 41.1 Å². The Morgan fingerprint density at radius 3 is 2.67 bits per heavy atom. The number of phenolic OH excluding ortho intramolecular Hbond substituents is 1. The first kappa shape index (κ1) is 42.3. The fraction of sp³-hybridized carbons (Fsp3) is 0.440. The van der Waals surface area contributed by atoms with E-state index in [1.165, 1.54) is 11.6 Å². The Labute approximate surface area is 358 Å². The number of hydrogen-bond donors (Lipinski definition) is 6. The summed E-state index contributed by atoms with van der Waals surface area (Å²) < 4.78 is 13.1. The minimum Gasteiger partial charge on any atom is -0.508 e. The second kappa shape index (κ2) is 18.7. The van der Waals surface area contributed by atoms with Gasteiger partial charge in [0.25, 0.3) is 0 Å². The van der Waals surface area contributed by atoms with Crippen LogP contribution in [-0.2, 0) is 24.1 Å². The Kier molecular flexibility index (Phi) is 13.0. The van der Waals surface area contributed by atoms with Gasteiger partial charge in [-0.25, -0.2) is 0 Å². The lowest BCUT2D eigenvalue weighted by atomic mass is 9.73. The van der Waals surface area contributed by atoms with E-state index in [0.29, 0.717) is 42.8 Å². The van der Waals surface area contributed by atoms with Gasteiger partial charge in [0.15, 0.2) is 17.7 Å². The summed E-state index contributed by atoms with van der Waals surface area (Å²) in [5.41, 5.74) is 13.3. The summed E-state index contributed by atoms with van der Waals surface area (Å²) >= 11 is 0. The molecule has 1 saturated carbocycles. The second-order valence-electron chi connectivity index (χ2n) is 17.1. The molecule has 0 aromatic heterocycles. The molecule has 318 valence electrons. The number of allylic oxidation sites excluding steroid dienone is 1. The van der Waals surface area contributed by atoms with E-state index >= 15 is 0 Å². The highest BCUT2D eigenvalue weighted by Gasteiger charge is 2.48. The highest BCUT2D eigenvalue weighted by molar-refractivity contribution is 5.87. The predicted molar refractivity (Wildman–Crippen MR) is 233 cm³/mol. The van der Waals surface area contributed by atoms with Crippen molar-refractivity contribution in [2.24, 2.45) is 22.1 Å². The molecule has 61 heavy (non-hydrogen) atoms. The second-order valence-corrected chi connectivity index (χ2v) is 17.1. The Morgan fingerprint density at radius 1 is 1.05 bits per heavy atom. The number of hydrogen-bond acceptors (Lipinski definition) is 11. The van der Waals surface area contributed by atoms with Crippen LogP contribution in [-0.4, -0.2) is 68.8 Å². The van der Waals surface area contributed by atoms with E-state index < -0.39 is 42.0 Å². The molecule has 5 aliphatic rings. The van der Waals surface area contributed by atoms with Crippen molar-refractivity contribution >= 4 is 12.0 Å². The minimum atomic E-state index is -1.10. The zero-order chi connectivity index (χ0) is 42.5. The van der Waals surface area contributed by atoms with Crippen molar-refractivity contribution in [1.82, 2.24) is 10.2 Å². The number of Topliss-reactive ketones (excluding diaryl/α,β-unsaturated/α-hetero) is 1. The van der Waals surface area contributed by atoms with Crippen molar-refractivity contribution in [1.29, 1.82) is 0 Å². The molecule has 6 atom stereocenters. The van der Waals surface area contributed by atoms with Gasteiger partial charge in [0.05, 0.1) is 35.4 Å². The lowest BCUT2D eigenvalue weighted by molar-refractivity contribution is -0.121. The van der Waals surface area contributed by atoms with Crippen molar-refractivity contribution < 1.29 is 34.7 Å². The minimum absolute atomic E-state index is 0.0587. The molecule has 7 N–H and O–H groups in total. The van der Waals surface area contributed by atoms with Gasteiger partial charge in [-0.15, -0.1) is 0 Å². The number of aliphatic imine (C=N–C) groups is 1. The zero-order valence-corrected chi connectivity index (χ0v) is 34.8. The van der Waals surface area contributed by atoms with Gasteiger partial charge in [-0.2, -0.15) is 0 Å². The lowest BCUT2D eigenvalue weighted by Gasteiger charge is -2.39. The quantitative estimate of drug-likeness (QED) is 0.0832. The molecule has 0 amide bonds. The first-order valence-corrected chi connectivity index (χ1v) is 21.8. The highest BCUT2D eigenvalue weighted by Crippen LogP contribution is 2.49. The summed E-state index contributed by atoms with van der Waals surface area (Å²) in [7, 11) is 0. The van der Waals surface area contributed by atoms with E-state index in [2.05, 4.69) is 52.3 Å². The molecule has 11 heteroatoms. The van der Waals surface area contributed by atoms with Crippen molar-refractivity contribution in [2.45, 2.75) is 115 Å². The number of nitrogens with one attached hydrogen (secondary N) is 1. The number of aryl methyl sites for hydroxylation is 1. The van der Waals surface area contributed by atoms with Gasteiger partial charge in [-0.1, -0.05) is 92.5 Å². The number of carbonyl (C=O) groups excluding carboxylic acids is 1. The third-order valence-electron chi connectivity index (χ3n) is 12.7. The first-order chi connectivity index (χ1) is 29.6. The van der Waals surface area contributed by atoms with Crippen LogP contribution in [0, 0.1) is 35.2 Å². The van der Waals surface area contributed by atoms with Gasteiger partial charge in [-0.3, -0.25) is 15.1 Å². The molecule has 6 unspecified atom stereocenters. The third-order valence-corrected chi connectivity index (χ3v) is 12.7. The number of ether oxygens (including phenoxy) is 2. The molecule has 4 heterocycles. The number of aliphatic hydroxyl groups is 3. The lowest BCUT2D eigenvalue weighted by Crippen LogP contribution is -2.47. The Morgan fingerprint density at radius 2 is 1.87 bits per heavy atom. The third kappa shape index (κ3) is 9.58. The van der Waals surface area contributed by atoms with Gasteiger partial charge in [0, 0.05) is 50.0 Å².